The monoisotopic (exact) mass is 272 g/mol. The van der Waals surface area contributed by atoms with Crippen molar-refractivity contribution < 1.29 is 9.47 Å². The third-order valence-corrected chi connectivity index (χ3v) is 3.19. The van der Waals surface area contributed by atoms with Gasteiger partial charge < -0.3 is 20.5 Å². The first-order valence-corrected chi connectivity index (χ1v) is 6.52. The molecule has 0 heterocycles. The van der Waals surface area contributed by atoms with Gasteiger partial charge in [-0.1, -0.05) is 24.3 Å². The first-order chi connectivity index (χ1) is 9.78. The van der Waals surface area contributed by atoms with Crippen molar-refractivity contribution in [2.45, 2.75) is 6.04 Å². The van der Waals surface area contributed by atoms with Crippen LogP contribution in [0.15, 0.2) is 48.5 Å². The topological polar surface area (TPSA) is 56.5 Å². The van der Waals surface area contributed by atoms with Gasteiger partial charge in [0.25, 0.3) is 0 Å². The summed E-state index contributed by atoms with van der Waals surface area (Å²) in [5.41, 5.74) is 7.92. The van der Waals surface area contributed by atoms with Gasteiger partial charge in [0.15, 0.2) is 0 Å². The molecule has 0 aliphatic heterocycles. The highest BCUT2D eigenvalue weighted by Gasteiger charge is 2.11. The van der Waals surface area contributed by atoms with Gasteiger partial charge in [0.1, 0.15) is 11.5 Å². The number of methoxy groups -OCH3 is 2. The number of ether oxygens (including phenoxy) is 2. The van der Waals surface area contributed by atoms with E-state index in [1.807, 2.05) is 48.5 Å². The van der Waals surface area contributed by atoms with Gasteiger partial charge >= 0.3 is 0 Å². The molecule has 0 radical (unpaired) electrons. The zero-order chi connectivity index (χ0) is 14.4. The highest BCUT2D eigenvalue weighted by Crippen LogP contribution is 2.28. The number of hydrogen-bond acceptors (Lipinski definition) is 4. The molecule has 3 N–H and O–H groups in total. The molecule has 0 fully saturated rings. The molecule has 4 heteroatoms. The molecule has 0 saturated heterocycles. The second-order valence-electron chi connectivity index (χ2n) is 4.41. The molecule has 2 aromatic carbocycles. The van der Waals surface area contributed by atoms with Crippen LogP contribution in [0.3, 0.4) is 0 Å². The molecular formula is C16H20N2O2. The molecule has 20 heavy (non-hydrogen) atoms. The van der Waals surface area contributed by atoms with Crippen LogP contribution in [0.2, 0.25) is 0 Å². The van der Waals surface area contributed by atoms with E-state index in [-0.39, 0.29) is 6.04 Å². The van der Waals surface area contributed by atoms with Crippen molar-refractivity contribution in [3.05, 3.63) is 54.1 Å². The van der Waals surface area contributed by atoms with E-state index in [1.54, 1.807) is 14.2 Å². The Morgan fingerprint density at radius 1 is 1.00 bits per heavy atom. The minimum atomic E-state index is 0.0252. The lowest BCUT2D eigenvalue weighted by Gasteiger charge is -2.20. The van der Waals surface area contributed by atoms with Gasteiger partial charge in [0.2, 0.25) is 0 Å². The van der Waals surface area contributed by atoms with Gasteiger partial charge in [-0.3, -0.25) is 0 Å². The maximum absolute atomic E-state index is 5.88. The lowest BCUT2D eigenvalue weighted by molar-refractivity contribution is 0.414. The van der Waals surface area contributed by atoms with Crippen LogP contribution < -0.4 is 20.5 Å². The van der Waals surface area contributed by atoms with E-state index in [1.165, 1.54) is 0 Å². The third-order valence-electron chi connectivity index (χ3n) is 3.19. The summed E-state index contributed by atoms with van der Waals surface area (Å²) in [5.74, 6) is 1.64. The van der Waals surface area contributed by atoms with Gasteiger partial charge in [-0.05, 0) is 29.8 Å². The van der Waals surface area contributed by atoms with Crippen LogP contribution >= 0.6 is 0 Å². The van der Waals surface area contributed by atoms with Crippen molar-refractivity contribution in [1.29, 1.82) is 0 Å². The van der Waals surface area contributed by atoms with Gasteiger partial charge in [-0.25, -0.2) is 0 Å². The largest absolute Gasteiger partial charge is 0.497 e. The number of benzene rings is 2. The first-order valence-electron chi connectivity index (χ1n) is 6.52. The molecular weight excluding hydrogens is 252 g/mol. The first kappa shape index (κ1) is 14.2. The number of anilines is 1. The van der Waals surface area contributed by atoms with Crippen LogP contribution in [0.1, 0.15) is 11.6 Å². The van der Waals surface area contributed by atoms with E-state index >= 15 is 0 Å². The van der Waals surface area contributed by atoms with Gasteiger partial charge in [0, 0.05) is 6.54 Å². The number of rotatable bonds is 6. The number of para-hydroxylation sites is 2. The van der Waals surface area contributed by atoms with Crippen LogP contribution in [0.25, 0.3) is 0 Å². The Kier molecular flexibility index (Phi) is 4.85. The fourth-order valence-electron chi connectivity index (χ4n) is 2.07. The summed E-state index contributed by atoms with van der Waals surface area (Å²) in [7, 11) is 3.31. The van der Waals surface area contributed by atoms with Gasteiger partial charge in [-0.2, -0.15) is 0 Å². The van der Waals surface area contributed by atoms with Crippen molar-refractivity contribution in [1.82, 2.24) is 0 Å². The maximum Gasteiger partial charge on any atom is 0.141 e. The summed E-state index contributed by atoms with van der Waals surface area (Å²) >= 11 is 0. The molecule has 2 aromatic rings. The van der Waals surface area contributed by atoms with Crippen LogP contribution in [0.5, 0.6) is 11.5 Å². The Labute approximate surface area is 119 Å². The molecule has 0 bridgehead atoms. The molecule has 0 spiro atoms. The molecule has 0 aliphatic carbocycles. The fourth-order valence-corrected chi connectivity index (χ4v) is 2.07. The molecule has 106 valence electrons. The van der Waals surface area contributed by atoms with Crippen LogP contribution in [0.4, 0.5) is 5.69 Å². The Morgan fingerprint density at radius 3 is 2.30 bits per heavy atom. The van der Waals surface area contributed by atoms with E-state index < -0.39 is 0 Å². The molecule has 1 atom stereocenters. The molecule has 0 aliphatic rings. The van der Waals surface area contributed by atoms with Crippen molar-refractivity contribution in [3.63, 3.8) is 0 Å². The van der Waals surface area contributed by atoms with Gasteiger partial charge in [0.05, 0.1) is 25.9 Å². The Hall–Kier alpha value is -2.20. The van der Waals surface area contributed by atoms with E-state index in [2.05, 4.69) is 5.32 Å². The van der Waals surface area contributed by atoms with Crippen LogP contribution in [-0.4, -0.2) is 20.8 Å². The summed E-state index contributed by atoms with van der Waals surface area (Å²) in [6.45, 7) is 0.490. The van der Waals surface area contributed by atoms with Crippen LogP contribution in [-0.2, 0) is 0 Å². The summed E-state index contributed by atoms with van der Waals surface area (Å²) in [6, 6.07) is 15.7. The molecule has 0 amide bonds. The predicted molar refractivity (Wildman–Crippen MR) is 81.4 cm³/mol. The quantitative estimate of drug-likeness (QED) is 0.849. The number of nitrogens with one attached hydrogen (secondary N) is 1. The third kappa shape index (κ3) is 3.22. The smallest absolute Gasteiger partial charge is 0.141 e. The average Bonchev–Trinajstić information content (AvgIpc) is 2.53. The summed E-state index contributed by atoms with van der Waals surface area (Å²) in [4.78, 5) is 0. The lowest BCUT2D eigenvalue weighted by atomic mass is 10.1. The Balaban J connectivity index is 2.19. The SMILES string of the molecule is COc1ccc(C(CN)Nc2ccccc2OC)cc1. The zero-order valence-electron chi connectivity index (χ0n) is 11.8. The molecule has 4 nitrogen and oxygen atoms in total. The lowest BCUT2D eigenvalue weighted by Crippen LogP contribution is -2.20. The standard InChI is InChI=1S/C16H20N2O2/c1-19-13-9-7-12(8-10-13)15(11-17)18-14-5-3-4-6-16(14)20-2/h3-10,15,18H,11,17H2,1-2H3. The van der Waals surface area contributed by atoms with E-state index in [9.17, 15) is 0 Å². The van der Waals surface area contributed by atoms with Crippen molar-refractivity contribution in [3.8, 4) is 11.5 Å². The average molecular weight is 272 g/mol. The second-order valence-corrected chi connectivity index (χ2v) is 4.41. The highest BCUT2D eigenvalue weighted by molar-refractivity contribution is 5.57. The van der Waals surface area contributed by atoms with E-state index in [0.29, 0.717) is 6.54 Å². The molecule has 2 rings (SSSR count). The van der Waals surface area contributed by atoms with Crippen molar-refractivity contribution >= 4 is 5.69 Å². The van der Waals surface area contributed by atoms with E-state index in [0.717, 1.165) is 22.7 Å². The zero-order valence-corrected chi connectivity index (χ0v) is 11.8. The minimum Gasteiger partial charge on any atom is -0.497 e. The highest BCUT2D eigenvalue weighted by atomic mass is 16.5. The van der Waals surface area contributed by atoms with Gasteiger partial charge in [-0.15, -0.1) is 0 Å². The summed E-state index contributed by atoms with van der Waals surface area (Å²) in [6.07, 6.45) is 0. The van der Waals surface area contributed by atoms with Crippen molar-refractivity contribution in [2.75, 3.05) is 26.1 Å². The molecule has 1 unspecified atom stereocenters. The Morgan fingerprint density at radius 2 is 1.70 bits per heavy atom. The van der Waals surface area contributed by atoms with Crippen LogP contribution in [0, 0.1) is 0 Å². The minimum absolute atomic E-state index is 0.0252. The maximum atomic E-state index is 5.88. The molecule has 0 saturated carbocycles. The normalized spacial score (nSPS) is 11.8. The summed E-state index contributed by atoms with van der Waals surface area (Å²) < 4.78 is 10.5. The van der Waals surface area contributed by atoms with E-state index in [4.69, 9.17) is 15.2 Å². The fraction of sp³-hybridized carbons (Fsp3) is 0.250. The predicted octanol–water partition coefficient (Wildman–Crippen LogP) is 2.82. The number of nitrogens with two attached hydrogens (primary N) is 1. The molecule has 0 aromatic heterocycles. The number of hydrogen-bond donors (Lipinski definition) is 2. The summed E-state index contributed by atoms with van der Waals surface area (Å²) in [5, 5.41) is 3.41. The van der Waals surface area contributed by atoms with Crippen molar-refractivity contribution in [2.24, 2.45) is 5.73 Å². The Bertz CT molecular complexity index is 540. The second kappa shape index (κ2) is 6.82.